The number of Topliss-reactive ketones (excluding diaryl/α,β-unsaturated/α-hetero) is 1. The van der Waals surface area contributed by atoms with Gasteiger partial charge in [-0.05, 0) is 36.7 Å². The number of carbonyl (C=O) groups excluding carboxylic acids is 2. The van der Waals surface area contributed by atoms with Crippen LogP contribution in [-0.4, -0.2) is 23.5 Å². The number of allylic oxidation sites excluding steroid dienone is 1. The van der Waals surface area contributed by atoms with Crippen LogP contribution in [0.1, 0.15) is 37.9 Å². The van der Waals surface area contributed by atoms with Crippen molar-refractivity contribution >= 4 is 29.1 Å². The minimum atomic E-state index is -4.64. The first-order valence-corrected chi connectivity index (χ1v) is 8.67. The maximum Gasteiger partial charge on any atom is 0.416 e. The largest absolute Gasteiger partial charge is 0.460 e. The molecule has 0 aromatic heterocycles. The van der Waals surface area contributed by atoms with Crippen molar-refractivity contribution in [2.24, 2.45) is 5.92 Å². The van der Waals surface area contributed by atoms with Gasteiger partial charge in [-0.15, -0.1) is 0 Å². The zero-order valence-corrected chi connectivity index (χ0v) is 15.8. The monoisotopic (exact) mass is 400 g/mol. The van der Waals surface area contributed by atoms with Gasteiger partial charge in [-0.3, -0.25) is 4.79 Å². The standard InChI is InChI=1S/C18H19F3N2O3S/c1-4-26-16(25)15(24)12-13(9(2)3)22-17(27)23-14(12)10-7-5-6-8-11(10)18(19,20)21/h5-9,14H,4H2,1-3H3,(H2,22,23,27)/t14-/m1/s1. The van der Waals surface area contributed by atoms with Crippen LogP contribution >= 0.6 is 12.2 Å². The Hall–Kier alpha value is -2.42. The number of rotatable bonds is 5. The van der Waals surface area contributed by atoms with Gasteiger partial charge >= 0.3 is 12.1 Å². The van der Waals surface area contributed by atoms with Crippen molar-refractivity contribution < 1.29 is 27.5 Å². The molecule has 0 saturated heterocycles. The summed E-state index contributed by atoms with van der Waals surface area (Å²) in [4.78, 5) is 24.8. The van der Waals surface area contributed by atoms with Crippen molar-refractivity contribution in [2.45, 2.75) is 33.0 Å². The highest BCUT2D eigenvalue weighted by Gasteiger charge is 2.41. The van der Waals surface area contributed by atoms with E-state index >= 15 is 0 Å². The molecule has 0 fully saturated rings. The van der Waals surface area contributed by atoms with E-state index in [4.69, 9.17) is 17.0 Å². The van der Waals surface area contributed by atoms with E-state index in [9.17, 15) is 22.8 Å². The van der Waals surface area contributed by atoms with Crippen LogP contribution in [0.2, 0.25) is 0 Å². The van der Waals surface area contributed by atoms with E-state index < -0.39 is 29.5 Å². The second-order valence-corrected chi connectivity index (χ2v) is 6.56. The first kappa shape index (κ1) is 20.9. The average molecular weight is 400 g/mol. The zero-order chi connectivity index (χ0) is 20.4. The molecule has 0 spiro atoms. The summed E-state index contributed by atoms with van der Waals surface area (Å²) in [5.74, 6) is -2.43. The highest BCUT2D eigenvalue weighted by Crippen LogP contribution is 2.38. The fraction of sp³-hybridized carbons (Fsp3) is 0.389. The molecule has 0 amide bonds. The van der Waals surface area contributed by atoms with Crippen LogP contribution in [0, 0.1) is 5.92 Å². The topological polar surface area (TPSA) is 67.4 Å². The molecule has 1 aliphatic rings. The number of carbonyl (C=O) groups is 2. The van der Waals surface area contributed by atoms with Gasteiger partial charge in [0.25, 0.3) is 5.78 Å². The molecular formula is C18H19F3N2O3S. The van der Waals surface area contributed by atoms with Crippen molar-refractivity contribution in [1.82, 2.24) is 10.6 Å². The molecule has 0 unspecified atom stereocenters. The Kier molecular flexibility index (Phi) is 6.25. The molecule has 0 saturated carbocycles. The summed E-state index contributed by atoms with van der Waals surface area (Å²) in [5, 5.41) is 5.55. The lowest BCUT2D eigenvalue weighted by Crippen LogP contribution is -2.48. The Balaban J connectivity index is 2.69. The zero-order valence-electron chi connectivity index (χ0n) is 14.9. The van der Waals surface area contributed by atoms with Crippen molar-refractivity contribution in [3.05, 3.63) is 46.7 Å². The summed E-state index contributed by atoms with van der Waals surface area (Å²) in [6.07, 6.45) is -4.64. The third kappa shape index (κ3) is 4.47. The quantitative estimate of drug-likeness (QED) is 0.449. The van der Waals surface area contributed by atoms with Gasteiger partial charge in [-0.1, -0.05) is 32.0 Å². The molecule has 0 aliphatic carbocycles. The smallest absolute Gasteiger partial charge is 0.416 e. The molecule has 5 nitrogen and oxygen atoms in total. The number of ether oxygens (including phenoxy) is 1. The second kappa shape index (κ2) is 8.08. The molecule has 2 N–H and O–H groups in total. The number of esters is 1. The van der Waals surface area contributed by atoms with E-state index in [1.54, 1.807) is 13.8 Å². The molecule has 0 bridgehead atoms. The predicted molar refractivity (Wildman–Crippen MR) is 96.6 cm³/mol. The van der Waals surface area contributed by atoms with Crippen LogP contribution in [-0.2, 0) is 20.5 Å². The maximum absolute atomic E-state index is 13.5. The number of hydrogen-bond donors (Lipinski definition) is 2. The van der Waals surface area contributed by atoms with Gasteiger partial charge < -0.3 is 15.4 Å². The minimum absolute atomic E-state index is 0.0298. The molecule has 0 radical (unpaired) electrons. The minimum Gasteiger partial charge on any atom is -0.460 e. The lowest BCUT2D eigenvalue weighted by molar-refractivity contribution is -0.152. The van der Waals surface area contributed by atoms with Gasteiger partial charge in [0.05, 0.1) is 23.8 Å². The summed E-state index contributed by atoms with van der Waals surface area (Å²) in [5.41, 5.74) is -0.948. The lowest BCUT2D eigenvalue weighted by atomic mass is 9.86. The molecule has 1 atom stereocenters. The number of ketones is 1. The molecule has 9 heteroatoms. The summed E-state index contributed by atoms with van der Waals surface area (Å²) in [7, 11) is 0. The number of alkyl halides is 3. The Morgan fingerprint density at radius 3 is 2.44 bits per heavy atom. The van der Waals surface area contributed by atoms with E-state index in [2.05, 4.69) is 10.6 Å². The van der Waals surface area contributed by atoms with Gasteiger partial charge in [0.15, 0.2) is 5.11 Å². The fourth-order valence-corrected chi connectivity index (χ4v) is 3.07. The van der Waals surface area contributed by atoms with Crippen LogP contribution in [0.25, 0.3) is 0 Å². The predicted octanol–water partition coefficient (Wildman–Crippen LogP) is 3.27. The number of nitrogens with one attached hydrogen (secondary N) is 2. The maximum atomic E-state index is 13.5. The number of thiocarbonyl (C=S) groups is 1. The molecule has 27 heavy (non-hydrogen) atoms. The highest BCUT2D eigenvalue weighted by atomic mass is 32.1. The number of hydrogen-bond acceptors (Lipinski definition) is 4. The van der Waals surface area contributed by atoms with Crippen molar-refractivity contribution in [2.75, 3.05) is 6.61 Å². The van der Waals surface area contributed by atoms with Gasteiger partial charge in [-0.25, -0.2) is 4.79 Å². The molecule has 1 aromatic rings. The SMILES string of the molecule is CCOC(=O)C(=O)C1=C(C(C)C)NC(=S)N[C@@H]1c1ccccc1C(F)(F)F. The van der Waals surface area contributed by atoms with Crippen molar-refractivity contribution in [1.29, 1.82) is 0 Å². The molecule has 146 valence electrons. The van der Waals surface area contributed by atoms with Gasteiger partial charge in [0.1, 0.15) is 0 Å². The van der Waals surface area contributed by atoms with Crippen LogP contribution in [0.15, 0.2) is 35.5 Å². The summed E-state index contributed by atoms with van der Waals surface area (Å²) >= 11 is 5.11. The third-order valence-electron chi connectivity index (χ3n) is 3.96. The van der Waals surface area contributed by atoms with Crippen LogP contribution in [0.4, 0.5) is 13.2 Å². The van der Waals surface area contributed by atoms with E-state index in [-0.39, 0.29) is 28.8 Å². The van der Waals surface area contributed by atoms with E-state index in [0.717, 1.165) is 6.07 Å². The van der Waals surface area contributed by atoms with Crippen molar-refractivity contribution in [3.8, 4) is 0 Å². The summed E-state index contributed by atoms with van der Waals surface area (Å²) < 4.78 is 45.2. The highest BCUT2D eigenvalue weighted by molar-refractivity contribution is 7.80. The molecule has 2 rings (SSSR count). The van der Waals surface area contributed by atoms with E-state index in [1.165, 1.54) is 25.1 Å². The number of halogens is 3. The van der Waals surface area contributed by atoms with Crippen molar-refractivity contribution in [3.63, 3.8) is 0 Å². The molecule has 1 aromatic carbocycles. The fourth-order valence-electron chi connectivity index (χ4n) is 2.84. The lowest BCUT2D eigenvalue weighted by Gasteiger charge is -2.33. The van der Waals surface area contributed by atoms with E-state index in [0.29, 0.717) is 5.70 Å². The van der Waals surface area contributed by atoms with Crippen LogP contribution < -0.4 is 10.6 Å². The third-order valence-corrected chi connectivity index (χ3v) is 4.18. The molecular weight excluding hydrogens is 381 g/mol. The second-order valence-electron chi connectivity index (χ2n) is 6.15. The first-order valence-electron chi connectivity index (χ1n) is 8.27. The van der Waals surface area contributed by atoms with Gasteiger partial charge in [0.2, 0.25) is 0 Å². The van der Waals surface area contributed by atoms with Crippen LogP contribution in [0.3, 0.4) is 0 Å². The Labute approximate surface area is 160 Å². The van der Waals surface area contributed by atoms with E-state index in [1.807, 2.05) is 0 Å². The Bertz CT molecular complexity index is 803. The molecule has 1 heterocycles. The first-order chi connectivity index (χ1) is 12.6. The normalized spacial score (nSPS) is 17.4. The Morgan fingerprint density at radius 1 is 1.26 bits per heavy atom. The van der Waals surface area contributed by atoms with Gasteiger partial charge in [-0.2, -0.15) is 13.2 Å². The average Bonchev–Trinajstić information content (AvgIpc) is 2.59. The molecule has 1 aliphatic heterocycles. The summed E-state index contributed by atoms with van der Waals surface area (Å²) in [6.45, 7) is 4.98. The summed E-state index contributed by atoms with van der Waals surface area (Å²) in [6, 6.07) is 3.63. The number of benzene rings is 1. The van der Waals surface area contributed by atoms with Crippen LogP contribution in [0.5, 0.6) is 0 Å². The van der Waals surface area contributed by atoms with Gasteiger partial charge in [0, 0.05) is 5.70 Å². The Morgan fingerprint density at radius 2 is 1.89 bits per heavy atom.